The minimum Gasteiger partial charge on any atom is -0.341 e. The van der Waals surface area contributed by atoms with Crippen LogP contribution in [0.3, 0.4) is 0 Å². The molecule has 2 nitrogen and oxygen atoms in total. The molecule has 1 rings (SSSR count). The van der Waals surface area contributed by atoms with Crippen LogP contribution < -0.4 is 0 Å². The maximum atomic E-state index is 12.2. The monoisotopic (exact) mass is 245 g/mol. The van der Waals surface area contributed by atoms with Crippen molar-refractivity contribution in [3.63, 3.8) is 0 Å². The second-order valence-electron chi connectivity index (χ2n) is 4.77. The number of halogens is 1. The lowest BCUT2D eigenvalue weighted by molar-refractivity contribution is -0.136. The molecule has 94 valence electrons. The quantitative estimate of drug-likeness (QED) is 0.680. The van der Waals surface area contributed by atoms with Crippen LogP contribution in [0.5, 0.6) is 0 Å². The minimum absolute atomic E-state index is 0.168. The summed E-state index contributed by atoms with van der Waals surface area (Å²) in [6.07, 6.45) is 6.43. The number of carbonyl (C=O) groups excluding carboxylic acids is 1. The molecular weight excluding hydrogens is 222 g/mol. The van der Waals surface area contributed by atoms with Crippen LogP contribution in [0.2, 0.25) is 0 Å². The van der Waals surface area contributed by atoms with E-state index in [-0.39, 0.29) is 11.3 Å². The number of alkyl halides is 1. The molecular formula is C13H24ClNO. The van der Waals surface area contributed by atoms with Crippen molar-refractivity contribution in [2.24, 2.45) is 5.92 Å². The summed E-state index contributed by atoms with van der Waals surface area (Å²) in [5, 5.41) is 0.168. The average Bonchev–Trinajstić information content (AvgIpc) is 2.29. The van der Waals surface area contributed by atoms with Gasteiger partial charge in [-0.15, -0.1) is 11.6 Å². The van der Waals surface area contributed by atoms with E-state index in [1.165, 1.54) is 6.42 Å². The van der Waals surface area contributed by atoms with Gasteiger partial charge in [-0.1, -0.05) is 26.7 Å². The largest absolute Gasteiger partial charge is 0.341 e. The molecule has 2 atom stereocenters. The van der Waals surface area contributed by atoms with E-state index in [0.717, 1.165) is 45.2 Å². The molecule has 1 aliphatic heterocycles. The maximum Gasteiger partial charge on any atom is 0.225 e. The van der Waals surface area contributed by atoms with Gasteiger partial charge in [-0.05, 0) is 25.7 Å². The van der Waals surface area contributed by atoms with Gasteiger partial charge in [0.05, 0.1) is 5.38 Å². The first-order valence-corrected chi connectivity index (χ1v) is 7.05. The Balaban J connectivity index is 2.46. The van der Waals surface area contributed by atoms with E-state index in [4.69, 9.17) is 11.6 Å². The average molecular weight is 246 g/mol. The zero-order valence-corrected chi connectivity index (χ0v) is 11.3. The molecule has 0 saturated carbocycles. The zero-order chi connectivity index (χ0) is 12.0. The Morgan fingerprint density at radius 3 is 2.81 bits per heavy atom. The summed E-state index contributed by atoms with van der Waals surface area (Å²) in [6.45, 7) is 5.95. The minimum atomic E-state index is 0.168. The Bertz CT molecular complexity index is 220. The van der Waals surface area contributed by atoms with Gasteiger partial charge in [0.1, 0.15) is 0 Å². The van der Waals surface area contributed by atoms with Crippen molar-refractivity contribution in [3.8, 4) is 0 Å². The number of amides is 1. The first kappa shape index (κ1) is 13.8. The van der Waals surface area contributed by atoms with E-state index in [1.54, 1.807) is 0 Å². The van der Waals surface area contributed by atoms with E-state index >= 15 is 0 Å². The number of piperidine rings is 1. The van der Waals surface area contributed by atoms with Gasteiger partial charge in [0.15, 0.2) is 0 Å². The molecule has 0 N–H and O–H groups in total. The highest BCUT2D eigenvalue weighted by Gasteiger charge is 2.26. The molecule has 1 aliphatic rings. The van der Waals surface area contributed by atoms with Gasteiger partial charge < -0.3 is 4.90 Å². The van der Waals surface area contributed by atoms with Crippen LogP contribution in [-0.4, -0.2) is 29.3 Å². The van der Waals surface area contributed by atoms with Crippen LogP contribution in [0, 0.1) is 5.92 Å². The third-order valence-corrected chi connectivity index (χ3v) is 3.78. The Kier molecular flexibility index (Phi) is 6.18. The third-order valence-electron chi connectivity index (χ3n) is 3.42. The highest BCUT2D eigenvalue weighted by molar-refractivity contribution is 6.20. The lowest BCUT2D eigenvalue weighted by atomic mass is 9.96. The van der Waals surface area contributed by atoms with E-state index in [9.17, 15) is 4.79 Å². The first-order chi connectivity index (χ1) is 7.69. The van der Waals surface area contributed by atoms with Crippen LogP contribution in [0.25, 0.3) is 0 Å². The van der Waals surface area contributed by atoms with Gasteiger partial charge in [0.25, 0.3) is 0 Å². The summed E-state index contributed by atoms with van der Waals surface area (Å²) < 4.78 is 0. The number of likely N-dealkylation sites (tertiary alicyclic amines) is 1. The predicted molar refractivity (Wildman–Crippen MR) is 68.8 cm³/mol. The van der Waals surface area contributed by atoms with Crippen molar-refractivity contribution in [2.75, 3.05) is 13.1 Å². The van der Waals surface area contributed by atoms with E-state index in [1.807, 2.05) is 4.90 Å². The molecule has 3 heteroatoms. The fourth-order valence-electron chi connectivity index (χ4n) is 2.34. The van der Waals surface area contributed by atoms with Crippen molar-refractivity contribution in [1.29, 1.82) is 0 Å². The van der Waals surface area contributed by atoms with Crippen LogP contribution in [0.4, 0.5) is 0 Å². The highest BCUT2D eigenvalue weighted by atomic mass is 35.5. The SMILES string of the molecule is CCCCC(CC)C(=O)N1CCCC(Cl)C1. The fraction of sp³-hybridized carbons (Fsp3) is 0.923. The number of unbranched alkanes of at least 4 members (excludes halogenated alkanes) is 1. The Labute approximate surface area is 104 Å². The molecule has 16 heavy (non-hydrogen) atoms. The zero-order valence-electron chi connectivity index (χ0n) is 10.5. The summed E-state index contributed by atoms with van der Waals surface area (Å²) >= 11 is 6.11. The molecule has 0 aromatic carbocycles. The smallest absolute Gasteiger partial charge is 0.225 e. The van der Waals surface area contributed by atoms with Crippen LogP contribution >= 0.6 is 11.6 Å². The van der Waals surface area contributed by atoms with E-state index in [0.29, 0.717) is 5.91 Å². The van der Waals surface area contributed by atoms with Gasteiger partial charge in [-0.25, -0.2) is 0 Å². The normalized spacial score (nSPS) is 23.2. The summed E-state index contributed by atoms with van der Waals surface area (Å²) in [6, 6.07) is 0. The third kappa shape index (κ3) is 3.97. The second-order valence-corrected chi connectivity index (χ2v) is 5.39. The fourth-order valence-corrected chi connectivity index (χ4v) is 2.66. The van der Waals surface area contributed by atoms with Crippen LogP contribution in [-0.2, 0) is 4.79 Å². The van der Waals surface area contributed by atoms with Crippen molar-refractivity contribution in [2.45, 2.75) is 57.7 Å². The van der Waals surface area contributed by atoms with Crippen molar-refractivity contribution >= 4 is 17.5 Å². The maximum absolute atomic E-state index is 12.2. The standard InChI is InChI=1S/C13H24ClNO/c1-3-5-7-11(4-2)13(16)15-9-6-8-12(14)10-15/h11-12H,3-10H2,1-2H3. The van der Waals surface area contributed by atoms with Gasteiger partial charge in [-0.2, -0.15) is 0 Å². The molecule has 0 bridgehead atoms. The predicted octanol–water partition coefficient (Wildman–Crippen LogP) is 3.43. The molecule has 1 saturated heterocycles. The molecule has 2 unspecified atom stereocenters. The van der Waals surface area contributed by atoms with Gasteiger partial charge in [-0.3, -0.25) is 4.79 Å². The number of carbonyl (C=O) groups is 1. The topological polar surface area (TPSA) is 20.3 Å². The van der Waals surface area contributed by atoms with Gasteiger partial charge in [0.2, 0.25) is 5.91 Å². The number of nitrogens with zero attached hydrogens (tertiary/aromatic N) is 1. The molecule has 1 heterocycles. The highest BCUT2D eigenvalue weighted by Crippen LogP contribution is 2.21. The Morgan fingerprint density at radius 1 is 1.50 bits per heavy atom. The first-order valence-electron chi connectivity index (χ1n) is 6.61. The lowest BCUT2D eigenvalue weighted by Gasteiger charge is -2.32. The van der Waals surface area contributed by atoms with Crippen molar-refractivity contribution in [3.05, 3.63) is 0 Å². The molecule has 0 spiro atoms. The number of hydrogen-bond acceptors (Lipinski definition) is 1. The number of rotatable bonds is 5. The van der Waals surface area contributed by atoms with Crippen molar-refractivity contribution in [1.82, 2.24) is 4.90 Å². The van der Waals surface area contributed by atoms with E-state index in [2.05, 4.69) is 13.8 Å². The van der Waals surface area contributed by atoms with E-state index < -0.39 is 0 Å². The lowest BCUT2D eigenvalue weighted by Crippen LogP contribution is -2.43. The summed E-state index contributed by atoms with van der Waals surface area (Å²) in [4.78, 5) is 14.2. The Hall–Kier alpha value is -0.240. The summed E-state index contributed by atoms with van der Waals surface area (Å²) in [7, 11) is 0. The Morgan fingerprint density at radius 2 is 2.25 bits per heavy atom. The van der Waals surface area contributed by atoms with Gasteiger partial charge in [0, 0.05) is 19.0 Å². The molecule has 0 aliphatic carbocycles. The van der Waals surface area contributed by atoms with Crippen molar-refractivity contribution < 1.29 is 4.79 Å². The molecule has 1 fully saturated rings. The van der Waals surface area contributed by atoms with Crippen LogP contribution in [0.1, 0.15) is 52.4 Å². The molecule has 0 aromatic rings. The molecule has 1 amide bonds. The van der Waals surface area contributed by atoms with Crippen LogP contribution in [0.15, 0.2) is 0 Å². The molecule has 0 aromatic heterocycles. The second kappa shape index (κ2) is 7.16. The molecule has 0 radical (unpaired) electrons. The number of hydrogen-bond donors (Lipinski definition) is 0. The summed E-state index contributed by atoms with van der Waals surface area (Å²) in [5.74, 6) is 0.559. The summed E-state index contributed by atoms with van der Waals surface area (Å²) in [5.41, 5.74) is 0. The van der Waals surface area contributed by atoms with Gasteiger partial charge >= 0.3 is 0 Å².